The van der Waals surface area contributed by atoms with E-state index < -0.39 is 0 Å². The van der Waals surface area contributed by atoms with Crippen LogP contribution < -0.4 is 20.1 Å². The highest BCUT2D eigenvalue weighted by molar-refractivity contribution is 7.80. The van der Waals surface area contributed by atoms with Gasteiger partial charge < -0.3 is 25.0 Å². The van der Waals surface area contributed by atoms with Crippen LogP contribution in [0.15, 0.2) is 36.4 Å². The van der Waals surface area contributed by atoms with Crippen molar-refractivity contribution in [2.75, 3.05) is 33.1 Å². The molecule has 8 heteroatoms. The van der Waals surface area contributed by atoms with Crippen LogP contribution in [0.4, 0.5) is 5.69 Å². The second kappa shape index (κ2) is 9.64. The van der Waals surface area contributed by atoms with Gasteiger partial charge in [-0.05, 0) is 87.4 Å². The van der Waals surface area contributed by atoms with Gasteiger partial charge in [-0.1, -0.05) is 29.3 Å². The number of rotatable bonds is 5. The number of hydrogen-bond donors (Lipinski definition) is 2. The molecule has 172 valence electrons. The van der Waals surface area contributed by atoms with Gasteiger partial charge in [-0.15, -0.1) is 0 Å². The Morgan fingerprint density at radius 2 is 1.78 bits per heavy atom. The van der Waals surface area contributed by atoms with E-state index in [2.05, 4.69) is 34.7 Å². The molecule has 2 aromatic carbocycles. The molecule has 1 aliphatic heterocycles. The molecular formula is C24H29Cl2N3O2S. The van der Waals surface area contributed by atoms with Gasteiger partial charge in [0.25, 0.3) is 0 Å². The maximum absolute atomic E-state index is 6.11. The molecule has 0 bridgehead atoms. The van der Waals surface area contributed by atoms with Crippen molar-refractivity contribution in [3.05, 3.63) is 52.0 Å². The first-order chi connectivity index (χ1) is 15.3. The topological polar surface area (TPSA) is 45.8 Å². The van der Waals surface area contributed by atoms with E-state index >= 15 is 0 Å². The maximum atomic E-state index is 6.11. The molecule has 0 aromatic heterocycles. The summed E-state index contributed by atoms with van der Waals surface area (Å²) in [6.07, 6.45) is 4.28. The van der Waals surface area contributed by atoms with Crippen LogP contribution in [0.3, 0.4) is 0 Å². The number of likely N-dealkylation sites (tertiary alicyclic amines) is 1. The Balaban J connectivity index is 1.48. The number of anilines is 1. The van der Waals surface area contributed by atoms with Crippen molar-refractivity contribution in [2.45, 2.75) is 43.2 Å². The van der Waals surface area contributed by atoms with Gasteiger partial charge in [0.05, 0.1) is 14.2 Å². The Labute approximate surface area is 205 Å². The van der Waals surface area contributed by atoms with Gasteiger partial charge in [0.15, 0.2) is 16.6 Å². The smallest absolute Gasteiger partial charge is 0.170 e. The highest BCUT2D eigenvalue weighted by atomic mass is 35.5. The second-order valence-corrected chi connectivity index (χ2v) is 9.98. The van der Waals surface area contributed by atoms with E-state index in [1.807, 2.05) is 18.2 Å². The van der Waals surface area contributed by atoms with Crippen molar-refractivity contribution in [3.8, 4) is 11.5 Å². The van der Waals surface area contributed by atoms with Crippen molar-refractivity contribution in [1.82, 2.24) is 10.2 Å². The lowest BCUT2D eigenvalue weighted by molar-refractivity contribution is 0.161. The van der Waals surface area contributed by atoms with Crippen molar-refractivity contribution in [3.63, 3.8) is 0 Å². The van der Waals surface area contributed by atoms with Crippen molar-refractivity contribution < 1.29 is 9.47 Å². The number of nitrogens with zero attached hydrogens (tertiary/aromatic N) is 1. The van der Waals surface area contributed by atoms with Crippen molar-refractivity contribution >= 4 is 46.2 Å². The summed E-state index contributed by atoms with van der Waals surface area (Å²) in [7, 11) is 5.59. The molecule has 0 amide bonds. The van der Waals surface area contributed by atoms with E-state index in [0.717, 1.165) is 49.4 Å². The highest BCUT2D eigenvalue weighted by Gasteiger charge is 2.50. The minimum Gasteiger partial charge on any atom is -0.493 e. The molecule has 1 saturated heterocycles. The molecule has 1 heterocycles. The summed E-state index contributed by atoms with van der Waals surface area (Å²) < 4.78 is 11.0. The lowest BCUT2D eigenvalue weighted by atomic mass is 9.65. The van der Waals surface area contributed by atoms with E-state index in [9.17, 15) is 0 Å². The van der Waals surface area contributed by atoms with Gasteiger partial charge in [-0.2, -0.15) is 0 Å². The van der Waals surface area contributed by atoms with Crippen LogP contribution in [0.1, 0.15) is 31.2 Å². The number of hydrogen-bond acceptors (Lipinski definition) is 4. The van der Waals surface area contributed by atoms with Crippen LogP contribution in [0, 0.1) is 0 Å². The van der Waals surface area contributed by atoms with Crippen LogP contribution in [0.25, 0.3) is 0 Å². The number of thiocarbonyl (C=S) groups is 1. The van der Waals surface area contributed by atoms with Gasteiger partial charge in [0.2, 0.25) is 0 Å². The lowest BCUT2D eigenvalue weighted by Crippen LogP contribution is -2.52. The Bertz CT molecular complexity index is 985. The molecule has 1 aliphatic carbocycles. The molecule has 2 N–H and O–H groups in total. The van der Waals surface area contributed by atoms with E-state index in [1.165, 1.54) is 5.56 Å². The summed E-state index contributed by atoms with van der Waals surface area (Å²) in [5, 5.41) is 8.47. The van der Waals surface area contributed by atoms with Crippen LogP contribution in [-0.4, -0.2) is 49.9 Å². The van der Waals surface area contributed by atoms with Gasteiger partial charge in [0.1, 0.15) is 0 Å². The standard InChI is InChI=1S/C24H29Cl2N3O2S/c1-29-9-8-24(15-4-5-20(30-2)21(10-15)31-3)7-6-18(14-22(24)29)27-23(32)28-19-12-16(25)11-17(26)13-19/h4-5,10-13,18,22H,6-9,14H2,1-3H3,(H2,27,28,32)/t18-,22+,24+/m1/s1. The second-order valence-electron chi connectivity index (χ2n) is 8.70. The molecule has 2 aliphatic rings. The van der Waals surface area contributed by atoms with Crippen LogP contribution in [0.5, 0.6) is 11.5 Å². The van der Waals surface area contributed by atoms with Gasteiger partial charge in [-0.3, -0.25) is 0 Å². The zero-order valence-electron chi connectivity index (χ0n) is 18.6. The minimum atomic E-state index is 0.113. The average Bonchev–Trinajstić information content (AvgIpc) is 3.09. The Morgan fingerprint density at radius 3 is 2.47 bits per heavy atom. The molecule has 2 fully saturated rings. The van der Waals surface area contributed by atoms with Crippen molar-refractivity contribution in [1.29, 1.82) is 0 Å². The van der Waals surface area contributed by atoms with E-state index in [1.54, 1.807) is 20.3 Å². The van der Waals surface area contributed by atoms with E-state index in [-0.39, 0.29) is 5.41 Å². The molecule has 1 saturated carbocycles. The molecule has 0 unspecified atom stereocenters. The molecule has 0 spiro atoms. The molecular weight excluding hydrogens is 465 g/mol. The van der Waals surface area contributed by atoms with Gasteiger partial charge in [-0.25, -0.2) is 0 Å². The highest BCUT2D eigenvalue weighted by Crippen LogP contribution is 2.49. The van der Waals surface area contributed by atoms with Gasteiger partial charge >= 0.3 is 0 Å². The molecule has 0 radical (unpaired) electrons. The number of ether oxygens (including phenoxy) is 2. The summed E-state index contributed by atoms with van der Waals surface area (Å²) in [6, 6.07) is 12.4. The first-order valence-electron chi connectivity index (χ1n) is 10.8. The predicted molar refractivity (Wildman–Crippen MR) is 136 cm³/mol. The minimum absolute atomic E-state index is 0.113. The summed E-state index contributed by atoms with van der Waals surface area (Å²) in [4.78, 5) is 2.48. The first-order valence-corrected chi connectivity index (χ1v) is 12.0. The fourth-order valence-electron chi connectivity index (χ4n) is 5.37. The SMILES string of the molecule is COc1ccc([C@@]23CC[C@@H](NC(=S)Nc4cc(Cl)cc(Cl)c4)C[C@@H]2N(C)CC3)cc1OC. The number of halogens is 2. The molecule has 32 heavy (non-hydrogen) atoms. The Kier molecular flexibility index (Phi) is 7.06. The fraction of sp³-hybridized carbons (Fsp3) is 0.458. The molecule has 3 atom stereocenters. The lowest BCUT2D eigenvalue weighted by Gasteiger charge is -2.45. The number of methoxy groups -OCH3 is 2. The molecule has 2 aromatic rings. The molecule has 5 nitrogen and oxygen atoms in total. The Hall–Kier alpha value is -1.73. The predicted octanol–water partition coefficient (Wildman–Crippen LogP) is 5.49. The largest absolute Gasteiger partial charge is 0.493 e. The van der Waals surface area contributed by atoms with E-state index in [0.29, 0.717) is 27.2 Å². The summed E-state index contributed by atoms with van der Waals surface area (Å²) in [5.41, 5.74) is 2.23. The summed E-state index contributed by atoms with van der Waals surface area (Å²) >= 11 is 17.8. The zero-order chi connectivity index (χ0) is 22.9. The van der Waals surface area contributed by atoms with Crippen LogP contribution >= 0.6 is 35.4 Å². The third kappa shape index (κ3) is 4.65. The maximum Gasteiger partial charge on any atom is 0.170 e. The zero-order valence-corrected chi connectivity index (χ0v) is 20.9. The number of nitrogens with one attached hydrogen (secondary N) is 2. The number of fused-ring (bicyclic) bond motifs is 1. The summed E-state index contributed by atoms with van der Waals surface area (Å²) in [5.74, 6) is 1.56. The number of likely N-dealkylation sites (N-methyl/N-ethyl adjacent to an activating group) is 1. The number of benzene rings is 2. The fourth-order valence-corrected chi connectivity index (χ4v) is 6.18. The molecule has 4 rings (SSSR count). The Morgan fingerprint density at radius 1 is 1.06 bits per heavy atom. The normalized spacial score (nSPS) is 25.2. The van der Waals surface area contributed by atoms with E-state index in [4.69, 9.17) is 44.9 Å². The van der Waals surface area contributed by atoms with Crippen LogP contribution in [-0.2, 0) is 5.41 Å². The third-order valence-electron chi connectivity index (χ3n) is 6.94. The average molecular weight is 494 g/mol. The van der Waals surface area contributed by atoms with Crippen molar-refractivity contribution in [2.24, 2.45) is 0 Å². The quantitative estimate of drug-likeness (QED) is 0.536. The third-order valence-corrected chi connectivity index (χ3v) is 7.60. The monoisotopic (exact) mass is 493 g/mol. The van der Waals surface area contributed by atoms with Gasteiger partial charge in [0, 0.05) is 33.2 Å². The summed E-state index contributed by atoms with van der Waals surface area (Å²) in [6.45, 7) is 1.08. The van der Waals surface area contributed by atoms with Crippen LogP contribution in [0.2, 0.25) is 10.0 Å². The first kappa shape index (κ1) is 23.4.